The SMILES string of the molecule is Cc1ccccc1CN(C(=O)CN(c1ccc(F)c(Cl)c1)S(=O)(=O)c1ccccc1)[C@H](Cc1ccccc1)C(=O)NC1CCCC1. The number of hydrogen-bond acceptors (Lipinski definition) is 4. The number of anilines is 1. The van der Waals surface area contributed by atoms with Crippen molar-refractivity contribution in [3.05, 3.63) is 131 Å². The van der Waals surface area contributed by atoms with Gasteiger partial charge in [0, 0.05) is 19.0 Å². The van der Waals surface area contributed by atoms with Crippen LogP contribution >= 0.6 is 11.6 Å². The van der Waals surface area contributed by atoms with Crippen LogP contribution in [0.2, 0.25) is 5.02 Å². The molecule has 1 atom stereocenters. The van der Waals surface area contributed by atoms with E-state index < -0.39 is 34.3 Å². The fraction of sp³-hybridized carbons (Fsp3) is 0.278. The lowest BCUT2D eigenvalue weighted by atomic mass is 10.0. The third-order valence-corrected chi connectivity index (χ3v) is 10.5. The molecule has 2 amide bonds. The predicted molar refractivity (Wildman–Crippen MR) is 178 cm³/mol. The van der Waals surface area contributed by atoms with E-state index in [4.69, 9.17) is 11.6 Å². The Morgan fingerprint density at radius 1 is 0.913 bits per heavy atom. The monoisotopic (exact) mass is 661 g/mol. The van der Waals surface area contributed by atoms with Crippen LogP contribution in [0, 0.1) is 12.7 Å². The zero-order chi connectivity index (χ0) is 32.7. The molecule has 5 rings (SSSR count). The third-order valence-electron chi connectivity index (χ3n) is 8.38. The van der Waals surface area contributed by atoms with Gasteiger partial charge in [-0.2, -0.15) is 0 Å². The van der Waals surface area contributed by atoms with E-state index in [0.717, 1.165) is 52.7 Å². The lowest BCUT2D eigenvalue weighted by Crippen LogP contribution is -2.54. The third kappa shape index (κ3) is 7.95. The van der Waals surface area contributed by atoms with Crippen molar-refractivity contribution in [1.29, 1.82) is 0 Å². The quantitative estimate of drug-likeness (QED) is 0.184. The van der Waals surface area contributed by atoms with E-state index in [2.05, 4.69) is 5.32 Å². The second-order valence-corrected chi connectivity index (χ2v) is 13.8. The maximum Gasteiger partial charge on any atom is 0.264 e. The average Bonchev–Trinajstić information content (AvgIpc) is 3.57. The first-order valence-electron chi connectivity index (χ1n) is 15.3. The Morgan fingerprint density at radius 2 is 1.54 bits per heavy atom. The maximum atomic E-state index is 14.6. The van der Waals surface area contributed by atoms with Gasteiger partial charge in [0.2, 0.25) is 11.8 Å². The molecule has 7 nitrogen and oxygen atoms in total. The van der Waals surface area contributed by atoms with Crippen LogP contribution < -0.4 is 9.62 Å². The number of hydrogen-bond donors (Lipinski definition) is 1. The first-order valence-corrected chi connectivity index (χ1v) is 17.2. The highest BCUT2D eigenvalue weighted by molar-refractivity contribution is 7.92. The molecule has 0 heterocycles. The topological polar surface area (TPSA) is 86.8 Å². The highest BCUT2D eigenvalue weighted by Gasteiger charge is 2.36. The molecule has 46 heavy (non-hydrogen) atoms. The predicted octanol–water partition coefficient (Wildman–Crippen LogP) is 6.68. The number of rotatable bonds is 12. The molecule has 0 saturated heterocycles. The van der Waals surface area contributed by atoms with Gasteiger partial charge in [0.25, 0.3) is 10.0 Å². The Hall–Kier alpha value is -4.21. The zero-order valence-electron chi connectivity index (χ0n) is 25.6. The summed E-state index contributed by atoms with van der Waals surface area (Å²) in [7, 11) is -4.31. The Labute approximate surface area is 275 Å². The average molecular weight is 662 g/mol. The minimum atomic E-state index is -4.31. The molecule has 4 aromatic rings. The van der Waals surface area contributed by atoms with Crippen molar-refractivity contribution in [3.63, 3.8) is 0 Å². The number of nitrogens with one attached hydrogen (secondary N) is 1. The maximum absolute atomic E-state index is 14.6. The molecule has 0 radical (unpaired) electrons. The normalized spacial score (nSPS) is 14.1. The second kappa shape index (κ2) is 14.9. The molecular formula is C36H37ClFN3O4S. The van der Waals surface area contributed by atoms with Gasteiger partial charge >= 0.3 is 0 Å². The molecule has 0 unspecified atom stereocenters. The highest BCUT2D eigenvalue weighted by atomic mass is 35.5. The van der Waals surface area contributed by atoms with Crippen molar-refractivity contribution in [1.82, 2.24) is 10.2 Å². The smallest absolute Gasteiger partial charge is 0.264 e. The molecule has 4 aromatic carbocycles. The van der Waals surface area contributed by atoms with E-state index in [1.165, 1.54) is 29.2 Å². The molecule has 0 aliphatic heterocycles. The van der Waals surface area contributed by atoms with Gasteiger partial charge in [-0.1, -0.05) is 97.2 Å². The Balaban J connectivity index is 1.58. The van der Waals surface area contributed by atoms with E-state index in [9.17, 15) is 22.4 Å². The van der Waals surface area contributed by atoms with Gasteiger partial charge in [-0.3, -0.25) is 13.9 Å². The fourth-order valence-corrected chi connectivity index (χ4v) is 7.38. The van der Waals surface area contributed by atoms with E-state index in [0.29, 0.717) is 0 Å². The Morgan fingerprint density at radius 3 is 2.20 bits per heavy atom. The summed E-state index contributed by atoms with van der Waals surface area (Å²) >= 11 is 6.10. The number of halogens is 2. The number of carbonyl (C=O) groups is 2. The van der Waals surface area contributed by atoms with Crippen LogP contribution in [-0.4, -0.2) is 43.8 Å². The summed E-state index contributed by atoms with van der Waals surface area (Å²) in [6.07, 6.45) is 4.00. The Kier molecular flexibility index (Phi) is 10.8. The number of benzene rings is 4. The van der Waals surface area contributed by atoms with Crippen LogP contribution in [-0.2, 0) is 32.6 Å². The minimum absolute atomic E-state index is 0.0116. The van der Waals surface area contributed by atoms with Crippen LogP contribution in [0.1, 0.15) is 42.4 Å². The lowest BCUT2D eigenvalue weighted by Gasteiger charge is -2.34. The summed E-state index contributed by atoms with van der Waals surface area (Å²) in [5, 5.41) is 2.88. The number of amides is 2. The minimum Gasteiger partial charge on any atom is -0.352 e. The van der Waals surface area contributed by atoms with Gasteiger partial charge in [0.05, 0.1) is 15.6 Å². The van der Waals surface area contributed by atoms with Crippen LogP contribution in [0.15, 0.2) is 108 Å². The van der Waals surface area contributed by atoms with Gasteiger partial charge in [0.1, 0.15) is 18.4 Å². The second-order valence-electron chi connectivity index (χ2n) is 11.6. The van der Waals surface area contributed by atoms with Gasteiger partial charge < -0.3 is 10.2 Å². The number of aryl methyl sites for hydroxylation is 1. The molecule has 0 spiro atoms. The largest absolute Gasteiger partial charge is 0.352 e. The van der Waals surface area contributed by atoms with E-state index in [-0.39, 0.29) is 40.5 Å². The number of carbonyl (C=O) groups excluding carboxylic acids is 2. The van der Waals surface area contributed by atoms with Crippen LogP contribution in [0.5, 0.6) is 0 Å². The van der Waals surface area contributed by atoms with Crippen molar-refractivity contribution in [2.24, 2.45) is 0 Å². The van der Waals surface area contributed by atoms with Crippen LogP contribution in [0.3, 0.4) is 0 Å². The molecule has 1 aliphatic carbocycles. The Bertz CT molecular complexity index is 1770. The van der Waals surface area contributed by atoms with Gasteiger partial charge in [-0.25, -0.2) is 12.8 Å². The summed E-state index contributed by atoms with van der Waals surface area (Å²) < 4.78 is 43.3. The van der Waals surface area contributed by atoms with E-state index in [1.807, 2.05) is 61.5 Å². The summed E-state index contributed by atoms with van der Waals surface area (Å²) in [6.45, 7) is 1.35. The molecule has 0 bridgehead atoms. The number of sulfonamides is 1. The van der Waals surface area contributed by atoms with Crippen molar-refractivity contribution in [3.8, 4) is 0 Å². The highest BCUT2D eigenvalue weighted by Crippen LogP contribution is 2.29. The zero-order valence-corrected chi connectivity index (χ0v) is 27.2. The van der Waals surface area contributed by atoms with E-state index in [1.54, 1.807) is 18.2 Å². The summed E-state index contributed by atoms with van der Waals surface area (Å²) in [4.78, 5) is 30.1. The van der Waals surface area contributed by atoms with E-state index >= 15 is 0 Å². The van der Waals surface area contributed by atoms with Crippen molar-refractivity contribution in [2.75, 3.05) is 10.8 Å². The van der Waals surface area contributed by atoms with Crippen molar-refractivity contribution in [2.45, 2.75) is 62.6 Å². The van der Waals surface area contributed by atoms with Crippen molar-refractivity contribution < 1.29 is 22.4 Å². The first-order chi connectivity index (χ1) is 22.1. The molecule has 240 valence electrons. The van der Waals surface area contributed by atoms with Gasteiger partial charge in [-0.15, -0.1) is 0 Å². The lowest BCUT2D eigenvalue weighted by molar-refractivity contribution is -0.140. The molecule has 1 N–H and O–H groups in total. The molecule has 1 saturated carbocycles. The van der Waals surface area contributed by atoms with Crippen LogP contribution in [0.25, 0.3) is 0 Å². The standard InChI is InChI=1S/C36H37ClFN3O4S/c1-26-12-8-9-15-28(26)24-40(34(22-27-13-4-2-5-14-27)36(43)39-29-16-10-11-17-29)35(42)25-41(30-20-21-33(38)32(37)23-30)46(44,45)31-18-6-3-7-19-31/h2-9,12-15,18-21,23,29,34H,10-11,16-17,22,24-25H2,1H3,(H,39,43)/t34-/m1/s1. The van der Waals surface area contributed by atoms with Crippen LogP contribution in [0.4, 0.5) is 10.1 Å². The summed E-state index contributed by atoms with van der Waals surface area (Å²) in [5.74, 6) is -1.60. The van der Waals surface area contributed by atoms with Crippen molar-refractivity contribution >= 4 is 39.1 Å². The molecule has 0 aromatic heterocycles. The van der Waals surface area contributed by atoms with Gasteiger partial charge in [-0.05, 0) is 66.8 Å². The summed E-state index contributed by atoms with van der Waals surface area (Å²) in [6, 6.07) is 27.3. The fourth-order valence-electron chi connectivity index (χ4n) is 5.78. The number of nitrogens with zero attached hydrogens (tertiary/aromatic N) is 2. The molecule has 10 heteroatoms. The molecule has 1 aliphatic rings. The first kappa shape index (κ1) is 33.2. The molecular weight excluding hydrogens is 625 g/mol. The molecule has 1 fully saturated rings. The van der Waals surface area contributed by atoms with Gasteiger partial charge in [0.15, 0.2) is 0 Å². The summed E-state index contributed by atoms with van der Waals surface area (Å²) in [5.41, 5.74) is 2.63.